The summed E-state index contributed by atoms with van der Waals surface area (Å²) in [5, 5.41) is 10.4. The van der Waals surface area contributed by atoms with Gasteiger partial charge in [0.05, 0.1) is 23.2 Å². The number of carbonyl (C=O) groups is 3. The Morgan fingerprint density at radius 3 is 2.02 bits per heavy atom. The summed E-state index contributed by atoms with van der Waals surface area (Å²) in [4.78, 5) is 45.5. The zero-order chi connectivity index (χ0) is 27.8. The third kappa shape index (κ3) is 4.25. The number of aromatic nitrogens is 1. The van der Waals surface area contributed by atoms with Crippen molar-refractivity contribution in [3.05, 3.63) is 142 Å². The van der Waals surface area contributed by atoms with E-state index >= 15 is 0 Å². The summed E-state index contributed by atoms with van der Waals surface area (Å²) < 4.78 is 20.1. The highest BCUT2D eigenvalue weighted by molar-refractivity contribution is 6.29. The van der Waals surface area contributed by atoms with Crippen LogP contribution < -0.4 is 4.74 Å². The summed E-state index contributed by atoms with van der Waals surface area (Å²) in [5.41, 5.74) is 1.50. The number of fused-ring (bicyclic) bond motifs is 2. The van der Waals surface area contributed by atoms with E-state index in [9.17, 15) is 23.9 Å². The fraction of sp³-hybridized carbons (Fsp3) is 0.0625. The second kappa shape index (κ2) is 10.1. The number of nitrogens with zero attached hydrogens (tertiary/aromatic N) is 2. The second-order valence-electron chi connectivity index (χ2n) is 9.30. The summed E-state index contributed by atoms with van der Waals surface area (Å²) in [7, 11) is 0. The van der Waals surface area contributed by atoms with Crippen LogP contribution in [0.2, 0.25) is 0 Å². The van der Waals surface area contributed by atoms with Crippen LogP contribution in [0.4, 0.5) is 4.39 Å². The fourth-order valence-electron chi connectivity index (χ4n) is 5.01. The van der Waals surface area contributed by atoms with Gasteiger partial charge in [0.25, 0.3) is 11.8 Å². The molecule has 1 N–H and O–H groups in total. The van der Waals surface area contributed by atoms with Crippen LogP contribution in [-0.4, -0.2) is 32.8 Å². The molecule has 0 radical (unpaired) electrons. The first kappa shape index (κ1) is 24.9. The molecule has 2 amide bonds. The van der Waals surface area contributed by atoms with Gasteiger partial charge < -0.3 is 9.84 Å². The molecular formula is C32H21FN2O5. The predicted octanol–water partition coefficient (Wildman–Crippen LogP) is 6.04. The first-order valence-corrected chi connectivity index (χ1v) is 12.5. The molecule has 0 atom stereocenters. The van der Waals surface area contributed by atoms with E-state index in [0.717, 1.165) is 16.0 Å². The molecule has 7 nitrogen and oxygen atoms in total. The Morgan fingerprint density at radius 1 is 0.825 bits per heavy atom. The Labute approximate surface area is 228 Å². The molecule has 2 heterocycles. The molecule has 40 heavy (non-hydrogen) atoms. The van der Waals surface area contributed by atoms with Gasteiger partial charge in [0, 0.05) is 11.6 Å². The smallest absolute Gasteiger partial charge is 0.337 e. The molecule has 0 bridgehead atoms. The van der Waals surface area contributed by atoms with Crippen molar-refractivity contribution >= 4 is 28.7 Å². The van der Waals surface area contributed by atoms with Gasteiger partial charge in [-0.3, -0.25) is 19.5 Å². The Morgan fingerprint density at radius 2 is 1.43 bits per heavy atom. The molecule has 1 aromatic heterocycles. The first-order chi connectivity index (χ1) is 19.4. The van der Waals surface area contributed by atoms with Crippen LogP contribution >= 0.6 is 0 Å². The minimum Gasteiger partial charge on any atom is -0.478 e. The van der Waals surface area contributed by atoms with Gasteiger partial charge in [-0.15, -0.1) is 0 Å². The molecule has 6 rings (SSSR count). The standard InChI is InChI=1S/C32H21FN2O5/c33-22-15-13-19(14-16-22)18-35-30(36)25-24(32(38)39)23-12-7-17-34-27(23)29(26(25)31(35)37)40-28(20-8-3-1-4-9-20)21-10-5-2-6-11-21/h1-17,28H,18H2,(H,38,39). The monoisotopic (exact) mass is 532 g/mol. The van der Waals surface area contributed by atoms with E-state index in [0.29, 0.717) is 5.56 Å². The zero-order valence-corrected chi connectivity index (χ0v) is 21.0. The number of ether oxygens (including phenoxy) is 1. The quantitative estimate of drug-likeness (QED) is 0.257. The van der Waals surface area contributed by atoms with Crippen LogP contribution in [0.3, 0.4) is 0 Å². The minimum atomic E-state index is -1.37. The number of imide groups is 1. The van der Waals surface area contributed by atoms with Crippen LogP contribution in [0.15, 0.2) is 103 Å². The summed E-state index contributed by atoms with van der Waals surface area (Å²) in [6.07, 6.45) is 0.784. The molecule has 8 heteroatoms. The van der Waals surface area contributed by atoms with Crippen molar-refractivity contribution in [1.82, 2.24) is 9.88 Å². The van der Waals surface area contributed by atoms with E-state index in [1.807, 2.05) is 60.7 Å². The first-order valence-electron chi connectivity index (χ1n) is 12.5. The van der Waals surface area contributed by atoms with Gasteiger partial charge in [-0.25, -0.2) is 9.18 Å². The number of hydrogen-bond acceptors (Lipinski definition) is 5. The fourth-order valence-corrected chi connectivity index (χ4v) is 5.01. The zero-order valence-electron chi connectivity index (χ0n) is 21.0. The van der Waals surface area contributed by atoms with Crippen molar-refractivity contribution in [2.75, 3.05) is 0 Å². The SMILES string of the molecule is O=C(O)c1c2c(c(OC(c3ccccc3)c3ccccc3)c3ncccc13)C(=O)N(Cc1ccc(F)cc1)C2=O. The number of carbonyl (C=O) groups excluding carboxylic acids is 2. The average molecular weight is 533 g/mol. The van der Waals surface area contributed by atoms with E-state index in [-0.39, 0.29) is 39.9 Å². The maximum atomic E-state index is 13.9. The average Bonchev–Trinajstić information content (AvgIpc) is 3.22. The topological polar surface area (TPSA) is 96.8 Å². The number of halogens is 1. The molecule has 0 fully saturated rings. The van der Waals surface area contributed by atoms with Gasteiger partial charge in [-0.1, -0.05) is 78.9 Å². The number of carboxylic acid groups (broad SMARTS) is 1. The van der Waals surface area contributed by atoms with Crippen molar-refractivity contribution in [2.24, 2.45) is 0 Å². The Kier molecular flexibility index (Phi) is 6.28. The maximum Gasteiger partial charge on any atom is 0.337 e. The maximum absolute atomic E-state index is 13.9. The van der Waals surface area contributed by atoms with Gasteiger partial charge >= 0.3 is 5.97 Å². The molecular weight excluding hydrogens is 511 g/mol. The normalized spacial score (nSPS) is 12.7. The molecule has 5 aromatic rings. The molecule has 0 spiro atoms. The minimum absolute atomic E-state index is 0.0215. The van der Waals surface area contributed by atoms with E-state index in [1.54, 1.807) is 12.1 Å². The molecule has 1 aliphatic rings. The second-order valence-corrected chi connectivity index (χ2v) is 9.30. The summed E-state index contributed by atoms with van der Waals surface area (Å²) >= 11 is 0. The van der Waals surface area contributed by atoms with Gasteiger partial charge in [0.2, 0.25) is 0 Å². The van der Waals surface area contributed by atoms with Crippen molar-refractivity contribution < 1.29 is 28.6 Å². The van der Waals surface area contributed by atoms with Gasteiger partial charge in [0.15, 0.2) is 5.75 Å². The molecule has 0 aliphatic carbocycles. The molecule has 0 saturated heterocycles. The van der Waals surface area contributed by atoms with Crippen LogP contribution in [0, 0.1) is 5.82 Å². The van der Waals surface area contributed by atoms with E-state index < -0.39 is 29.7 Å². The lowest BCUT2D eigenvalue weighted by Crippen LogP contribution is -2.29. The lowest BCUT2D eigenvalue weighted by atomic mass is 9.95. The number of benzene rings is 4. The molecule has 0 saturated carbocycles. The number of rotatable bonds is 7. The lowest BCUT2D eigenvalue weighted by Gasteiger charge is -2.23. The molecule has 4 aromatic carbocycles. The number of aromatic carboxylic acids is 1. The largest absolute Gasteiger partial charge is 0.478 e. The molecule has 196 valence electrons. The molecule has 0 unspecified atom stereocenters. The lowest BCUT2D eigenvalue weighted by molar-refractivity contribution is 0.0627. The highest BCUT2D eigenvalue weighted by Crippen LogP contribution is 2.43. The van der Waals surface area contributed by atoms with Gasteiger partial charge in [-0.05, 0) is 34.9 Å². The Balaban J connectivity index is 1.57. The summed E-state index contributed by atoms with van der Waals surface area (Å²) in [5.74, 6) is -3.29. The third-order valence-corrected chi connectivity index (χ3v) is 6.85. The molecule has 1 aliphatic heterocycles. The van der Waals surface area contributed by atoms with E-state index in [1.165, 1.54) is 30.5 Å². The Bertz CT molecular complexity index is 1730. The predicted molar refractivity (Wildman–Crippen MR) is 145 cm³/mol. The van der Waals surface area contributed by atoms with Crippen LogP contribution in [0.1, 0.15) is 53.9 Å². The van der Waals surface area contributed by atoms with Crippen LogP contribution in [0.25, 0.3) is 10.9 Å². The highest BCUT2D eigenvalue weighted by Gasteiger charge is 2.44. The summed E-state index contributed by atoms with van der Waals surface area (Å²) in [6.45, 7) is -0.171. The van der Waals surface area contributed by atoms with Crippen molar-refractivity contribution in [2.45, 2.75) is 12.6 Å². The number of carboxylic acids is 1. The highest BCUT2D eigenvalue weighted by atomic mass is 19.1. The van der Waals surface area contributed by atoms with Crippen molar-refractivity contribution in [3.63, 3.8) is 0 Å². The van der Waals surface area contributed by atoms with E-state index in [4.69, 9.17) is 4.74 Å². The van der Waals surface area contributed by atoms with E-state index in [2.05, 4.69) is 4.98 Å². The number of hydrogen-bond donors (Lipinski definition) is 1. The third-order valence-electron chi connectivity index (χ3n) is 6.85. The van der Waals surface area contributed by atoms with Crippen LogP contribution in [-0.2, 0) is 6.54 Å². The van der Waals surface area contributed by atoms with Crippen molar-refractivity contribution in [3.8, 4) is 5.75 Å². The summed E-state index contributed by atoms with van der Waals surface area (Å²) in [6, 6.07) is 27.2. The number of pyridine rings is 1. The van der Waals surface area contributed by atoms with Crippen LogP contribution in [0.5, 0.6) is 5.75 Å². The van der Waals surface area contributed by atoms with Gasteiger partial charge in [0.1, 0.15) is 17.4 Å². The number of amides is 2. The van der Waals surface area contributed by atoms with Crippen molar-refractivity contribution in [1.29, 1.82) is 0 Å². The Hall–Kier alpha value is -5.37. The van der Waals surface area contributed by atoms with Gasteiger partial charge in [-0.2, -0.15) is 0 Å².